The van der Waals surface area contributed by atoms with Crippen molar-refractivity contribution in [3.8, 4) is 5.75 Å². The van der Waals surface area contributed by atoms with E-state index in [1.807, 2.05) is 6.92 Å². The number of carboxylic acids is 1. The molecule has 0 amide bonds. The van der Waals surface area contributed by atoms with Crippen LogP contribution < -0.4 is 10.5 Å². The summed E-state index contributed by atoms with van der Waals surface area (Å²) in [6, 6.07) is 3.59. The van der Waals surface area contributed by atoms with Crippen molar-refractivity contribution in [2.75, 3.05) is 13.2 Å². The zero-order chi connectivity index (χ0) is 14.7. The number of benzene rings is 1. The highest BCUT2D eigenvalue weighted by Gasteiger charge is 2.25. The molecule has 1 atom stereocenters. The summed E-state index contributed by atoms with van der Waals surface area (Å²) in [5, 5.41) is 9.75. The second-order valence-corrected chi connectivity index (χ2v) is 5.81. The standard InChI is InChI=1S/C15H20ClNO3/c1-9-5-11(12(7-17)15(18)19)14(13(16)6-9)20-8-10-3-2-4-10/h5-6,10,12H,2-4,7-8,17H2,1H3,(H,18,19). The molecule has 5 heteroatoms. The van der Waals surface area contributed by atoms with E-state index in [0.717, 1.165) is 18.4 Å². The molecule has 0 saturated heterocycles. The van der Waals surface area contributed by atoms with E-state index in [4.69, 9.17) is 22.1 Å². The Morgan fingerprint density at radius 2 is 2.25 bits per heavy atom. The number of carbonyl (C=O) groups is 1. The van der Waals surface area contributed by atoms with Crippen molar-refractivity contribution >= 4 is 17.6 Å². The molecule has 0 spiro atoms. The van der Waals surface area contributed by atoms with E-state index in [0.29, 0.717) is 28.9 Å². The molecule has 1 fully saturated rings. The third-order valence-corrected chi connectivity index (χ3v) is 4.09. The van der Waals surface area contributed by atoms with Gasteiger partial charge in [0, 0.05) is 12.1 Å². The Kier molecular flexibility index (Phi) is 4.89. The maximum atomic E-state index is 11.3. The van der Waals surface area contributed by atoms with Crippen LogP contribution in [0.5, 0.6) is 5.75 Å². The average molecular weight is 298 g/mol. The van der Waals surface area contributed by atoms with Gasteiger partial charge in [-0.25, -0.2) is 0 Å². The van der Waals surface area contributed by atoms with Gasteiger partial charge in [-0.1, -0.05) is 24.1 Å². The van der Waals surface area contributed by atoms with E-state index in [1.165, 1.54) is 6.42 Å². The summed E-state index contributed by atoms with van der Waals surface area (Å²) < 4.78 is 5.81. The van der Waals surface area contributed by atoms with Crippen LogP contribution in [0.15, 0.2) is 12.1 Å². The topological polar surface area (TPSA) is 72.5 Å². The number of aliphatic carboxylic acids is 1. The van der Waals surface area contributed by atoms with Gasteiger partial charge in [0.1, 0.15) is 5.75 Å². The summed E-state index contributed by atoms with van der Waals surface area (Å²) in [6.45, 7) is 2.49. The Hall–Kier alpha value is -1.26. The normalized spacial score (nSPS) is 16.6. The maximum absolute atomic E-state index is 11.3. The highest BCUT2D eigenvalue weighted by Crippen LogP contribution is 2.36. The molecule has 110 valence electrons. The molecule has 0 bridgehead atoms. The lowest BCUT2D eigenvalue weighted by Gasteiger charge is -2.26. The van der Waals surface area contributed by atoms with Crippen molar-refractivity contribution in [2.45, 2.75) is 32.1 Å². The second kappa shape index (κ2) is 6.46. The molecule has 4 nitrogen and oxygen atoms in total. The number of rotatable bonds is 6. The molecule has 3 N–H and O–H groups in total. The number of carboxylic acid groups (broad SMARTS) is 1. The van der Waals surface area contributed by atoms with E-state index in [2.05, 4.69) is 0 Å². The van der Waals surface area contributed by atoms with E-state index in [1.54, 1.807) is 12.1 Å². The molecular formula is C15H20ClNO3. The van der Waals surface area contributed by atoms with Gasteiger partial charge < -0.3 is 15.6 Å². The lowest BCUT2D eigenvalue weighted by atomic mass is 9.86. The molecule has 1 aromatic rings. The fourth-order valence-electron chi connectivity index (χ4n) is 2.39. The van der Waals surface area contributed by atoms with Crippen molar-refractivity contribution < 1.29 is 14.6 Å². The fraction of sp³-hybridized carbons (Fsp3) is 0.533. The van der Waals surface area contributed by atoms with Crippen LogP contribution in [-0.2, 0) is 4.79 Å². The van der Waals surface area contributed by atoms with Crippen LogP contribution in [0.2, 0.25) is 5.02 Å². The molecule has 0 aliphatic heterocycles. The lowest BCUT2D eigenvalue weighted by molar-refractivity contribution is -0.138. The average Bonchev–Trinajstić information content (AvgIpc) is 2.30. The summed E-state index contributed by atoms with van der Waals surface area (Å²) in [4.78, 5) is 11.3. The van der Waals surface area contributed by atoms with Crippen LogP contribution in [0.3, 0.4) is 0 Å². The van der Waals surface area contributed by atoms with Crippen LogP contribution in [0.4, 0.5) is 0 Å². The smallest absolute Gasteiger partial charge is 0.312 e. The summed E-state index contributed by atoms with van der Waals surface area (Å²) in [6.07, 6.45) is 3.57. The van der Waals surface area contributed by atoms with Gasteiger partial charge in [-0.15, -0.1) is 0 Å². The first kappa shape index (κ1) is 15.1. The van der Waals surface area contributed by atoms with Gasteiger partial charge in [-0.2, -0.15) is 0 Å². The number of aryl methyl sites for hydroxylation is 1. The first-order valence-corrected chi connectivity index (χ1v) is 7.26. The number of hydrogen-bond acceptors (Lipinski definition) is 3. The van der Waals surface area contributed by atoms with Crippen molar-refractivity contribution in [1.29, 1.82) is 0 Å². The van der Waals surface area contributed by atoms with Gasteiger partial charge in [0.15, 0.2) is 0 Å². The first-order valence-electron chi connectivity index (χ1n) is 6.88. The van der Waals surface area contributed by atoms with Gasteiger partial charge in [0.05, 0.1) is 17.5 Å². The SMILES string of the molecule is Cc1cc(Cl)c(OCC2CCC2)c(C(CN)C(=O)O)c1. The molecule has 1 saturated carbocycles. The Bertz CT molecular complexity index is 500. The Labute approximate surface area is 123 Å². The summed E-state index contributed by atoms with van der Waals surface area (Å²) in [5.41, 5.74) is 7.07. The molecule has 0 heterocycles. The predicted molar refractivity (Wildman–Crippen MR) is 78.5 cm³/mol. The second-order valence-electron chi connectivity index (χ2n) is 5.40. The van der Waals surface area contributed by atoms with Crippen LogP contribution in [0, 0.1) is 12.8 Å². The highest BCUT2D eigenvalue weighted by atomic mass is 35.5. The summed E-state index contributed by atoms with van der Waals surface area (Å²) in [5.74, 6) is -0.713. The molecule has 0 aromatic heterocycles. The number of nitrogens with two attached hydrogens (primary N) is 1. The molecule has 1 aliphatic rings. The molecule has 20 heavy (non-hydrogen) atoms. The molecule has 1 unspecified atom stereocenters. The largest absolute Gasteiger partial charge is 0.491 e. The van der Waals surface area contributed by atoms with Crippen molar-refractivity contribution in [3.05, 3.63) is 28.3 Å². The lowest BCUT2D eigenvalue weighted by Crippen LogP contribution is -2.24. The third-order valence-electron chi connectivity index (χ3n) is 3.81. The molecule has 0 radical (unpaired) electrons. The van der Waals surface area contributed by atoms with Gasteiger partial charge in [0.25, 0.3) is 0 Å². The summed E-state index contributed by atoms with van der Waals surface area (Å²) >= 11 is 6.23. The highest BCUT2D eigenvalue weighted by molar-refractivity contribution is 6.32. The van der Waals surface area contributed by atoms with E-state index in [-0.39, 0.29) is 6.54 Å². The van der Waals surface area contributed by atoms with Crippen molar-refractivity contribution in [1.82, 2.24) is 0 Å². The summed E-state index contributed by atoms with van der Waals surface area (Å²) in [7, 11) is 0. The molecular weight excluding hydrogens is 278 g/mol. The van der Waals surface area contributed by atoms with Crippen LogP contribution >= 0.6 is 11.6 Å². The number of hydrogen-bond donors (Lipinski definition) is 2. The molecule has 2 rings (SSSR count). The van der Waals surface area contributed by atoms with Crippen LogP contribution in [-0.4, -0.2) is 24.2 Å². The zero-order valence-electron chi connectivity index (χ0n) is 11.6. The van der Waals surface area contributed by atoms with E-state index in [9.17, 15) is 9.90 Å². The minimum absolute atomic E-state index is 0.0227. The minimum Gasteiger partial charge on any atom is -0.491 e. The van der Waals surface area contributed by atoms with E-state index < -0.39 is 11.9 Å². The van der Waals surface area contributed by atoms with Crippen molar-refractivity contribution in [3.63, 3.8) is 0 Å². The minimum atomic E-state index is -0.956. The Morgan fingerprint density at radius 1 is 1.55 bits per heavy atom. The van der Waals surface area contributed by atoms with Crippen molar-refractivity contribution in [2.24, 2.45) is 11.7 Å². The predicted octanol–water partition coefficient (Wildman–Crippen LogP) is 2.95. The zero-order valence-corrected chi connectivity index (χ0v) is 12.3. The van der Waals surface area contributed by atoms with Gasteiger partial charge in [0.2, 0.25) is 0 Å². The molecule has 1 aliphatic carbocycles. The van der Waals surface area contributed by atoms with Crippen LogP contribution in [0.25, 0.3) is 0 Å². The number of halogens is 1. The van der Waals surface area contributed by atoms with Gasteiger partial charge in [-0.3, -0.25) is 4.79 Å². The quantitative estimate of drug-likeness (QED) is 0.847. The number of ether oxygens (including phenoxy) is 1. The fourth-order valence-corrected chi connectivity index (χ4v) is 2.72. The monoisotopic (exact) mass is 297 g/mol. The van der Waals surface area contributed by atoms with Gasteiger partial charge >= 0.3 is 5.97 Å². The first-order chi connectivity index (χ1) is 9.52. The Morgan fingerprint density at radius 3 is 2.75 bits per heavy atom. The molecule has 1 aromatic carbocycles. The maximum Gasteiger partial charge on any atom is 0.312 e. The van der Waals surface area contributed by atoms with Gasteiger partial charge in [-0.05, 0) is 37.3 Å². The van der Waals surface area contributed by atoms with Crippen LogP contribution in [0.1, 0.15) is 36.3 Å². The van der Waals surface area contributed by atoms with E-state index >= 15 is 0 Å². The Balaban J connectivity index is 2.28. The third kappa shape index (κ3) is 3.25.